The summed E-state index contributed by atoms with van der Waals surface area (Å²) in [5, 5.41) is 6.04. The van der Waals surface area contributed by atoms with Crippen LogP contribution in [-0.4, -0.2) is 51.4 Å². The van der Waals surface area contributed by atoms with E-state index in [9.17, 15) is 9.59 Å². The van der Waals surface area contributed by atoms with Gasteiger partial charge < -0.3 is 19.9 Å². The number of hydrogen-bond acceptors (Lipinski definition) is 3. The van der Waals surface area contributed by atoms with Crippen molar-refractivity contribution in [2.75, 3.05) is 19.6 Å². The van der Waals surface area contributed by atoms with Crippen LogP contribution in [0.4, 0.5) is 4.79 Å². The molecule has 0 spiro atoms. The molecule has 2 fully saturated rings. The number of urea groups is 1. The molecule has 3 amide bonds. The number of pyridine rings is 1. The van der Waals surface area contributed by atoms with Crippen molar-refractivity contribution >= 4 is 17.6 Å². The number of likely N-dealkylation sites (tertiary alicyclic amines) is 1. The zero-order valence-electron chi connectivity index (χ0n) is 16.1. The molecule has 3 heterocycles. The first kappa shape index (κ1) is 17.8. The number of rotatable bonds is 4. The monoisotopic (exact) mass is 369 g/mol. The Bertz CT molecular complexity index is 857. The molecule has 2 aliphatic rings. The molecule has 0 radical (unpaired) electrons. The second-order valence-electron chi connectivity index (χ2n) is 8.73. The molecule has 27 heavy (non-hydrogen) atoms. The fraction of sp³-hybridized carbons (Fsp3) is 0.550. The molecule has 1 aliphatic carbocycles. The largest absolute Gasteiger partial charge is 0.352 e. The minimum absolute atomic E-state index is 0.0386. The van der Waals surface area contributed by atoms with Crippen LogP contribution in [0.25, 0.3) is 5.65 Å². The number of nitrogens with zero attached hydrogens (tertiary/aromatic N) is 3. The van der Waals surface area contributed by atoms with E-state index in [1.54, 1.807) is 18.5 Å². The van der Waals surface area contributed by atoms with Gasteiger partial charge in [0, 0.05) is 43.8 Å². The topological polar surface area (TPSA) is 78.7 Å². The molecule has 2 atom stereocenters. The summed E-state index contributed by atoms with van der Waals surface area (Å²) in [5.41, 5.74) is 1.27. The lowest BCUT2D eigenvalue weighted by atomic mass is 10.1. The van der Waals surface area contributed by atoms with Gasteiger partial charge in [-0.1, -0.05) is 0 Å². The maximum absolute atomic E-state index is 12.3. The summed E-state index contributed by atoms with van der Waals surface area (Å²) in [6.07, 6.45) is 6.32. The van der Waals surface area contributed by atoms with Crippen molar-refractivity contribution in [3.05, 3.63) is 36.3 Å². The molecule has 1 saturated carbocycles. The highest BCUT2D eigenvalue weighted by atomic mass is 16.2. The third kappa shape index (κ3) is 3.77. The molecule has 2 N–H and O–H groups in total. The van der Waals surface area contributed by atoms with Gasteiger partial charge in [-0.25, -0.2) is 9.78 Å². The highest BCUT2D eigenvalue weighted by molar-refractivity contribution is 5.94. The number of amides is 3. The standard InChI is InChI=1S/C20H27N5O2/c1-20(2,3)23-19(27)25-11-15-14(16(15)12-25)6-7-22-18(26)13-4-5-17-21-8-9-24(17)10-13/h4-5,8-10,14-16H,6-7,11-12H2,1-3H3,(H,22,26)(H,23,27). The van der Waals surface area contributed by atoms with Gasteiger partial charge in [-0.15, -0.1) is 0 Å². The Morgan fingerprint density at radius 3 is 2.67 bits per heavy atom. The summed E-state index contributed by atoms with van der Waals surface area (Å²) in [5.74, 6) is 1.76. The van der Waals surface area contributed by atoms with Gasteiger partial charge in [0.05, 0.1) is 5.56 Å². The van der Waals surface area contributed by atoms with Crippen LogP contribution < -0.4 is 10.6 Å². The SMILES string of the molecule is CC(C)(C)NC(=O)N1CC2C(CCNC(=O)c3ccc4nccn4c3)C2C1. The van der Waals surface area contributed by atoms with Gasteiger partial charge in [0.2, 0.25) is 0 Å². The van der Waals surface area contributed by atoms with Crippen LogP contribution in [-0.2, 0) is 0 Å². The summed E-state index contributed by atoms with van der Waals surface area (Å²) in [4.78, 5) is 30.7. The van der Waals surface area contributed by atoms with Gasteiger partial charge in [-0.05, 0) is 57.1 Å². The number of piperidine rings is 1. The van der Waals surface area contributed by atoms with Crippen LogP contribution in [0, 0.1) is 17.8 Å². The number of carbonyl (C=O) groups excluding carboxylic acids is 2. The molecule has 2 unspecified atom stereocenters. The quantitative estimate of drug-likeness (QED) is 0.867. The number of nitrogens with one attached hydrogen (secondary N) is 2. The van der Waals surface area contributed by atoms with E-state index in [1.807, 2.05) is 42.3 Å². The van der Waals surface area contributed by atoms with Gasteiger partial charge in [-0.2, -0.15) is 0 Å². The van der Waals surface area contributed by atoms with Crippen molar-refractivity contribution in [1.29, 1.82) is 0 Å². The third-order valence-corrected chi connectivity index (χ3v) is 5.55. The molecule has 1 aliphatic heterocycles. The van der Waals surface area contributed by atoms with Gasteiger partial charge in [0.1, 0.15) is 5.65 Å². The fourth-order valence-corrected chi connectivity index (χ4v) is 4.15. The van der Waals surface area contributed by atoms with Gasteiger partial charge in [0.15, 0.2) is 0 Å². The fourth-order valence-electron chi connectivity index (χ4n) is 4.15. The minimum Gasteiger partial charge on any atom is -0.352 e. The van der Waals surface area contributed by atoms with E-state index in [2.05, 4.69) is 15.6 Å². The first-order chi connectivity index (χ1) is 12.8. The molecule has 2 aromatic rings. The molecule has 0 aromatic carbocycles. The van der Waals surface area contributed by atoms with E-state index in [0.29, 0.717) is 29.9 Å². The Kier molecular flexibility index (Phi) is 4.32. The number of aromatic nitrogens is 2. The summed E-state index contributed by atoms with van der Waals surface area (Å²) < 4.78 is 1.84. The highest BCUT2D eigenvalue weighted by Gasteiger charge is 2.55. The zero-order chi connectivity index (χ0) is 19.2. The molecule has 0 bridgehead atoms. The van der Waals surface area contributed by atoms with E-state index in [0.717, 1.165) is 25.2 Å². The number of imidazole rings is 1. The Labute approximate surface area is 159 Å². The molecule has 4 rings (SSSR count). The van der Waals surface area contributed by atoms with Crippen molar-refractivity contribution < 1.29 is 9.59 Å². The van der Waals surface area contributed by atoms with E-state index in [1.165, 1.54) is 0 Å². The summed E-state index contributed by atoms with van der Waals surface area (Å²) >= 11 is 0. The summed E-state index contributed by atoms with van der Waals surface area (Å²) in [6.45, 7) is 8.34. The average Bonchev–Trinajstić information content (AvgIpc) is 2.99. The van der Waals surface area contributed by atoms with Crippen LogP contribution in [0.1, 0.15) is 37.6 Å². The van der Waals surface area contributed by atoms with Gasteiger partial charge in [0.25, 0.3) is 5.91 Å². The molecule has 1 saturated heterocycles. The Morgan fingerprint density at radius 2 is 1.96 bits per heavy atom. The molecule has 7 heteroatoms. The highest BCUT2D eigenvalue weighted by Crippen LogP contribution is 2.53. The predicted octanol–water partition coefficient (Wildman–Crippen LogP) is 2.14. The Balaban J connectivity index is 1.21. The second kappa shape index (κ2) is 6.55. The van der Waals surface area contributed by atoms with Crippen LogP contribution in [0.3, 0.4) is 0 Å². The van der Waals surface area contributed by atoms with E-state index >= 15 is 0 Å². The smallest absolute Gasteiger partial charge is 0.317 e. The van der Waals surface area contributed by atoms with Crippen molar-refractivity contribution in [2.45, 2.75) is 32.7 Å². The zero-order valence-corrected chi connectivity index (χ0v) is 16.1. The van der Waals surface area contributed by atoms with Gasteiger partial charge >= 0.3 is 6.03 Å². The van der Waals surface area contributed by atoms with Crippen molar-refractivity contribution in [3.8, 4) is 0 Å². The lowest BCUT2D eigenvalue weighted by Crippen LogP contribution is -2.48. The molecule has 2 aromatic heterocycles. The Morgan fingerprint density at radius 1 is 1.22 bits per heavy atom. The maximum atomic E-state index is 12.3. The van der Waals surface area contributed by atoms with Gasteiger partial charge in [-0.3, -0.25) is 4.79 Å². The normalized spacial score (nSPS) is 24.0. The molecular formula is C20H27N5O2. The lowest BCUT2D eigenvalue weighted by molar-refractivity contribution is 0.0951. The number of carbonyl (C=O) groups is 2. The third-order valence-electron chi connectivity index (χ3n) is 5.55. The first-order valence-corrected chi connectivity index (χ1v) is 9.60. The molecular weight excluding hydrogens is 342 g/mol. The van der Waals surface area contributed by atoms with E-state index in [4.69, 9.17) is 0 Å². The average molecular weight is 369 g/mol. The number of fused-ring (bicyclic) bond motifs is 2. The van der Waals surface area contributed by atoms with Crippen LogP contribution >= 0.6 is 0 Å². The molecule has 7 nitrogen and oxygen atoms in total. The van der Waals surface area contributed by atoms with E-state index < -0.39 is 0 Å². The molecule has 144 valence electrons. The summed E-state index contributed by atoms with van der Waals surface area (Å²) in [6, 6.07) is 3.68. The maximum Gasteiger partial charge on any atom is 0.317 e. The van der Waals surface area contributed by atoms with Crippen molar-refractivity contribution in [2.24, 2.45) is 17.8 Å². The Hall–Kier alpha value is -2.57. The lowest BCUT2D eigenvalue weighted by Gasteiger charge is -2.27. The van der Waals surface area contributed by atoms with Crippen molar-refractivity contribution in [1.82, 2.24) is 24.9 Å². The van der Waals surface area contributed by atoms with Crippen LogP contribution in [0.2, 0.25) is 0 Å². The van der Waals surface area contributed by atoms with E-state index in [-0.39, 0.29) is 17.5 Å². The second-order valence-corrected chi connectivity index (χ2v) is 8.73. The summed E-state index contributed by atoms with van der Waals surface area (Å²) in [7, 11) is 0. The minimum atomic E-state index is -0.201. The van der Waals surface area contributed by atoms with Crippen LogP contribution in [0.15, 0.2) is 30.7 Å². The predicted molar refractivity (Wildman–Crippen MR) is 102 cm³/mol. The van der Waals surface area contributed by atoms with Crippen LogP contribution in [0.5, 0.6) is 0 Å². The van der Waals surface area contributed by atoms with Crippen molar-refractivity contribution in [3.63, 3.8) is 0 Å². The first-order valence-electron chi connectivity index (χ1n) is 9.60. The number of hydrogen-bond donors (Lipinski definition) is 2.